The Morgan fingerprint density at radius 2 is 1.69 bits per heavy atom. The highest BCUT2D eigenvalue weighted by Gasteiger charge is 2.36. The molecule has 3 heterocycles. The quantitative estimate of drug-likeness (QED) is 0.778. The fourth-order valence-electron chi connectivity index (χ4n) is 4.90. The number of hydrogen-bond donors (Lipinski definition) is 2. The molecule has 3 aliphatic rings. The third-order valence-electron chi connectivity index (χ3n) is 6.68. The predicted octanol–water partition coefficient (Wildman–Crippen LogP) is 3.16. The van der Waals surface area contributed by atoms with Crippen LogP contribution in [0.1, 0.15) is 58.4 Å². The van der Waals surface area contributed by atoms with Crippen LogP contribution in [0.5, 0.6) is 0 Å². The Bertz CT molecular complexity index is 1040. The van der Waals surface area contributed by atoms with Crippen molar-refractivity contribution in [1.82, 2.24) is 10.2 Å². The topological polar surface area (TPSA) is 81.8 Å². The van der Waals surface area contributed by atoms with Crippen LogP contribution in [0.4, 0.5) is 11.4 Å². The Morgan fingerprint density at radius 3 is 2.47 bits per heavy atom. The number of carbonyl (C=O) groups excluding carboxylic acids is 3. The molecule has 0 bridgehead atoms. The van der Waals surface area contributed by atoms with Crippen molar-refractivity contribution in [1.29, 1.82) is 0 Å². The van der Waals surface area contributed by atoms with Gasteiger partial charge < -0.3 is 20.4 Å². The third-order valence-corrected chi connectivity index (χ3v) is 6.68. The number of likely N-dealkylation sites (tertiary alicyclic amines) is 1. The summed E-state index contributed by atoms with van der Waals surface area (Å²) >= 11 is 0. The maximum atomic E-state index is 12.7. The molecule has 0 spiro atoms. The first-order chi connectivity index (χ1) is 15.6. The van der Waals surface area contributed by atoms with Gasteiger partial charge >= 0.3 is 0 Å². The van der Waals surface area contributed by atoms with Crippen LogP contribution in [0.25, 0.3) is 0 Å². The molecule has 2 fully saturated rings. The lowest BCUT2D eigenvalue weighted by atomic mass is 10.1. The zero-order valence-corrected chi connectivity index (χ0v) is 18.1. The van der Waals surface area contributed by atoms with E-state index in [9.17, 15) is 14.4 Å². The Hall–Kier alpha value is -3.35. The van der Waals surface area contributed by atoms with Crippen molar-refractivity contribution in [2.75, 3.05) is 29.9 Å². The van der Waals surface area contributed by atoms with Crippen LogP contribution >= 0.6 is 0 Å². The first-order valence-electron chi connectivity index (χ1n) is 11.5. The van der Waals surface area contributed by atoms with Crippen molar-refractivity contribution < 1.29 is 14.4 Å². The minimum absolute atomic E-state index is 0.00625. The van der Waals surface area contributed by atoms with E-state index in [1.807, 2.05) is 35.2 Å². The summed E-state index contributed by atoms with van der Waals surface area (Å²) in [5.41, 5.74) is 3.81. The zero-order chi connectivity index (χ0) is 22.1. The summed E-state index contributed by atoms with van der Waals surface area (Å²) in [6.45, 7) is 2.90. The molecule has 1 unspecified atom stereocenters. The summed E-state index contributed by atoms with van der Waals surface area (Å²) in [4.78, 5) is 41.7. The van der Waals surface area contributed by atoms with Crippen LogP contribution in [-0.4, -0.2) is 48.3 Å². The van der Waals surface area contributed by atoms with Crippen LogP contribution in [0.3, 0.4) is 0 Å². The number of rotatable bonds is 4. The molecular weight excluding hydrogens is 404 g/mol. The lowest BCUT2D eigenvalue weighted by Gasteiger charge is -2.33. The zero-order valence-electron chi connectivity index (χ0n) is 18.1. The van der Waals surface area contributed by atoms with Crippen LogP contribution in [0.15, 0.2) is 42.5 Å². The molecule has 0 saturated carbocycles. The van der Waals surface area contributed by atoms with E-state index in [-0.39, 0.29) is 23.8 Å². The lowest BCUT2D eigenvalue weighted by Crippen LogP contribution is -2.44. The van der Waals surface area contributed by atoms with E-state index in [1.165, 1.54) is 6.42 Å². The van der Waals surface area contributed by atoms with Gasteiger partial charge in [-0.15, -0.1) is 0 Å². The molecule has 0 radical (unpaired) electrons. The molecule has 3 amide bonds. The highest BCUT2D eigenvalue weighted by molar-refractivity contribution is 6.06. The number of anilines is 2. The maximum Gasteiger partial charge on any atom is 0.253 e. The first-order valence-corrected chi connectivity index (χ1v) is 11.5. The largest absolute Gasteiger partial charge is 0.358 e. The molecule has 2 aromatic carbocycles. The minimum atomic E-state index is -0.195. The molecule has 0 aliphatic carbocycles. The maximum absolute atomic E-state index is 12.7. The fourth-order valence-corrected chi connectivity index (χ4v) is 4.90. The van der Waals surface area contributed by atoms with E-state index in [4.69, 9.17) is 0 Å². The second kappa shape index (κ2) is 8.65. The van der Waals surface area contributed by atoms with E-state index in [2.05, 4.69) is 15.5 Å². The van der Waals surface area contributed by atoms with E-state index < -0.39 is 0 Å². The average Bonchev–Trinajstić information content (AvgIpc) is 3.34. The highest BCUT2D eigenvalue weighted by Crippen LogP contribution is 2.37. The third kappa shape index (κ3) is 3.95. The SMILES string of the molecule is O=C(NCc1ccc(C(=O)N2CCCCC2)cc1)c1ccc2c(c1)NC(=O)C1CCCN21. The van der Waals surface area contributed by atoms with Gasteiger partial charge in [-0.25, -0.2) is 0 Å². The number of hydrogen-bond acceptors (Lipinski definition) is 4. The van der Waals surface area contributed by atoms with Gasteiger partial charge in [-0.1, -0.05) is 12.1 Å². The van der Waals surface area contributed by atoms with Crippen LogP contribution < -0.4 is 15.5 Å². The molecule has 1 atom stereocenters. The van der Waals surface area contributed by atoms with Crippen molar-refractivity contribution in [2.24, 2.45) is 0 Å². The molecule has 166 valence electrons. The predicted molar refractivity (Wildman–Crippen MR) is 123 cm³/mol. The Morgan fingerprint density at radius 1 is 0.938 bits per heavy atom. The summed E-state index contributed by atoms with van der Waals surface area (Å²) in [7, 11) is 0. The molecule has 2 saturated heterocycles. The molecule has 32 heavy (non-hydrogen) atoms. The van der Waals surface area contributed by atoms with Gasteiger partial charge in [0, 0.05) is 37.3 Å². The molecular formula is C25H28N4O3. The second-order valence-electron chi connectivity index (χ2n) is 8.81. The van der Waals surface area contributed by atoms with Crippen LogP contribution in [0.2, 0.25) is 0 Å². The van der Waals surface area contributed by atoms with E-state index in [1.54, 1.807) is 12.1 Å². The standard InChI is InChI=1S/C25H28N4O3/c30-23(19-10-11-21-20(15-19)27-24(31)22-5-4-14-29(21)22)26-16-17-6-8-18(9-7-17)25(32)28-12-2-1-3-13-28/h6-11,15,22H,1-5,12-14,16H2,(H,26,30)(H,27,31). The number of nitrogens with one attached hydrogen (secondary N) is 2. The van der Waals surface area contributed by atoms with Crippen molar-refractivity contribution >= 4 is 29.1 Å². The molecule has 5 rings (SSSR count). The summed E-state index contributed by atoms with van der Waals surface area (Å²) < 4.78 is 0. The van der Waals surface area contributed by atoms with Gasteiger partial charge in [0.15, 0.2) is 0 Å². The molecule has 7 nitrogen and oxygen atoms in total. The van der Waals surface area contributed by atoms with Gasteiger partial charge in [-0.2, -0.15) is 0 Å². The fraction of sp³-hybridized carbons (Fsp3) is 0.400. The van der Waals surface area contributed by atoms with Crippen LogP contribution in [-0.2, 0) is 11.3 Å². The van der Waals surface area contributed by atoms with Crippen molar-refractivity contribution in [2.45, 2.75) is 44.7 Å². The Balaban J connectivity index is 1.21. The van der Waals surface area contributed by atoms with Gasteiger partial charge in [0.2, 0.25) is 5.91 Å². The number of nitrogens with zero attached hydrogens (tertiary/aromatic N) is 2. The van der Waals surface area contributed by atoms with Gasteiger partial charge in [0.05, 0.1) is 11.4 Å². The summed E-state index contributed by atoms with van der Waals surface area (Å²) in [6, 6.07) is 12.8. The second-order valence-corrected chi connectivity index (χ2v) is 8.81. The Kier molecular flexibility index (Phi) is 5.55. The van der Waals surface area contributed by atoms with Gasteiger partial charge in [-0.3, -0.25) is 14.4 Å². The summed E-state index contributed by atoms with van der Waals surface area (Å²) in [6.07, 6.45) is 5.21. The number of fused-ring (bicyclic) bond motifs is 3. The smallest absolute Gasteiger partial charge is 0.253 e. The van der Waals surface area contributed by atoms with Crippen molar-refractivity contribution in [3.63, 3.8) is 0 Å². The van der Waals surface area contributed by atoms with Gasteiger partial charge in [-0.05, 0) is 68.0 Å². The number of amides is 3. The van der Waals surface area contributed by atoms with E-state index in [0.29, 0.717) is 23.4 Å². The first kappa shape index (κ1) is 20.5. The number of piperidine rings is 1. The monoisotopic (exact) mass is 432 g/mol. The van der Waals surface area contributed by atoms with Gasteiger partial charge in [0.1, 0.15) is 6.04 Å². The molecule has 0 aromatic heterocycles. The lowest BCUT2D eigenvalue weighted by molar-refractivity contribution is -0.117. The number of carbonyl (C=O) groups is 3. The normalized spacial score (nSPS) is 19.8. The van der Waals surface area contributed by atoms with E-state index in [0.717, 1.165) is 56.6 Å². The molecule has 2 aromatic rings. The summed E-state index contributed by atoms with van der Waals surface area (Å²) in [5.74, 6) is -0.109. The average molecular weight is 433 g/mol. The molecule has 2 N–H and O–H groups in total. The Labute approximate surface area is 187 Å². The van der Waals surface area contributed by atoms with Crippen molar-refractivity contribution in [3.05, 3.63) is 59.2 Å². The number of benzene rings is 2. The molecule has 7 heteroatoms. The van der Waals surface area contributed by atoms with E-state index >= 15 is 0 Å². The van der Waals surface area contributed by atoms with Crippen LogP contribution in [0, 0.1) is 0 Å². The van der Waals surface area contributed by atoms with Crippen molar-refractivity contribution in [3.8, 4) is 0 Å². The highest BCUT2D eigenvalue weighted by atomic mass is 16.2. The molecule has 3 aliphatic heterocycles. The summed E-state index contributed by atoms with van der Waals surface area (Å²) in [5, 5.41) is 5.88. The minimum Gasteiger partial charge on any atom is -0.358 e. The van der Waals surface area contributed by atoms with Gasteiger partial charge in [0.25, 0.3) is 11.8 Å².